The van der Waals surface area contributed by atoms with Gasteiger partial charge < -0.3 is 19.9 Å². The van der Waals surface area contributed by atoms with E-state index in [4.69, 9.17) is 20.9 Å². The molecule has 9 heteroatoms. The van der Waals surface area contributed by atoms with Gasteiger partial charge in [-0.3, -0.25) is 9.89 Å². The highest BCUT2D eigenvalue weighted by molar-refractivity contribution is 6.30. The van der Waals surface area contributed by atoms with Gasteiger partial charge in [0.2, 0.25) is 11.7 Å². The fourth-order valence-corrected chi connectivity index (χ4v) is 3.86. The Bertz CT molecular complexity index is 835. The monoisotopic (exact) mass is 448 g/mol. The molecule has 0 radical (unpaired) electrons. The van der Waals surface area contributed by atoms with E-state index in [0.29, 0.717) is 41.7 Å². The van der Waals surface area contributed by atoms with Crippen molar-refractivity contribution in [3.05, 3.63) is 35.2 Å². The van der Waals surface area contributed by atoms with E-state index in [1.54, 1.807) is 7.05 Å². The molecule has 0 amide bonds. The highest BCUT2D eigenvalue weighted by Crippen LogP contribution is 2.20. The third kappa shape index (κ3) is 7.48. The van der Waals surface area contributed by atoms with E-state index in [2.05, 4.69) is 44.5 Å². The Morgan fingerprint density at radius 1 is 1.26 bits per heavy atom. The van der Waals surface area contributed by atoms with Gasteiger partial charge in [0.15, 0.2) is 5.96 Å². The Labute approximate surface area is 189 Å². The minimum atomic E-state index is 0.457. The quantitative estimate of drug-likeness (QED) is 0.450. The molecule has 1 aliphatic heterocycles. The van der Waals surface area contributed by atoms with Crippen molar-refractivity contribution >= 4 is 17.6 Å². The molecule has 0 saturated carbocycles. The van der Waals surface area contributed by atoms with Crippen LogP contribution in [0.4, 0.5) is 0 Å². The predicted molar refractivity (Wildman–Crippen MR) is 123 cm³/mol. The summed E-state index contributed by atoms with van der Waals surface area (Å²) in [5.74, 6) is 2.53. The molecule has 1 fully saturated rings. The maximum atomic E-state index is 6.04. The van der Waals surface area contributed by atoms with Crippen LogP contribution in [-0.4, -0.2) is 73.5 Å². The maximum Gasteiger partial charge on any atom is 0.228 e. The smallest absolute Gasteiger partial charge is 0.228 e. The summed E-state index contributed by atoms with van der Waals surface area (Å²) >= 11 is 6.04. The number of rotatable bonds is 9. The van der Waals surface area contributed by atoms with E-state index < -0.39 is 0 Å². The molecule has 1 aromatic carbocycles. The van der Waals surface area contributed by atoms with E-state index >= 15 is 0 Å². The third-order valence-electron chi connectivity index (χ3n) is 5.22. The van der Waals surface area contributed by atoms with Crippen LogP contribution in [0.15, 0.2) is 33.8 Å². The van der Waals surface area contributed by atoms with Crippen molar-refractivity contribution in [3.8, 4) is 11.4 Å². The molecule has 1 aliphatic rings. The molecule has 0 bridgehead atoms. The largest absolute Gasteiger partial charge is 0.379 e. The Morgan fingerprint density at radius 3 is 2.77 bits per heavy atom. The SMILES string of the molecule is CN=C(NCCc1nc(-c2cccc(Cl)c2)no1)NCC(CC(C)C)N1CCOCC1. The molecule has 1 saturated heterocycles. The second-order valence-electron chi connectivity index (χ2n) is 8.08. The number of benzene rings is 1. The highest BCUT2D eigenvalue weighted by atomic mass is 35.5. The number of ether oxygens (including phenoxy) is 1. The van der Waals surface area contributed by atoms with Crippen molar-refractivity contribution < 1.29 is 9.26 Å². The number of nitrogens with one attached hydrogen (secondary N) is 2. The molecule has 2 heterocycles. The van der Waals surface area contributed by atoms with Gasteiger partial charge in [-0.2, -0.15) is 4.98 Å². The molecule has 3 rings (SSSR count). The first-order valence-corrected chi connectivity index (χ1v) is 11.3. The summed E-state index contributed by atoms with van der Waals surface area (Å²) in [7, 11) is 1.78. The van der Waals surface area contributed by atoms with Gasteiger partial charge in [0.1, 0.15) is 0 Å². The molecular formula is C22H33ClN6O2. The van der Waals surface area contributed by atoms with Crippen molar-refractivity contribution in [2.24, 2.45) is 10.9 Å². The number of hydrogen-bond acceptors (Lipinski definition) is 6. The molecule has 2 aromatic rings. The normalized spacial score (nSPS) is 16.5. The van der Waals surface area contributed by atoms with Gasteiger partial charge in [-0.25, -0.2) is 0 Å². The van der Waals surface area contributed by atoms with E-state index in [9.17, 15) is 0 Å². The first-order chi connectivity index (χ1) is 15.0. The summed E-state index contributed by atoms with van der Waals surface area (Å²) in [4.78, 5) is 11.3. The number of nitrogens with zero attached hydrogens (tertiary/aromatic N) is 4. The van der Waals surface area contributed by atoms with Crippen LogP contribution in [0.25, 0.3) is 11.4 Å². The van der Waals surface area contributed by atoms with Crippen molar-refractivity contribution in [1.82, 2.24) is 25.7 Å². The van der Waals surface area contributed by atoms with Crippen molar-refractivity contribution in [1.29, 1.82) is 0 Å². The van der Waals surface area contributed by atoms with Crippen LogP contribution in [0.2, 0.25) is 5.02 Å². The lowest BCUT2D eigenvalue weighted by Gasteiger charge is -2.35. The van der Waals surface area contributed by atoms with E-state index in [1.165, 1.54) is 0 Å². The summed E-state index contributed by atoms with van der Waals surface area (Å²) in [5.41, 5.74) is 0.840. The summed E-state index contributed by atoms with van der Waals surface area (Å²) in [6.45, 7) is 9.60. The van der Waals surface area contributed by atoms with Crippen LogP contribution < -0.4 is 10.6 Å². The van der Waals surface area contributed by atoms with E-state index in [-0.39, 0.29) is 0 Å². The molecule has 0 spiro atoms. The lowest BCUT2D eigenvalue weighted by Crippen LogP contribution is -2.51. The van der Waals surface area contributed by atoms with Crippen molar-refractivity contribution in [2.45, 2.75) is 32.7 Å². The first-order valence-electron chi connectivity index (χ1n) is 10.9. The standard InChI is InChI=1S/C22H33ClN6O2/c1-16(2)13-19(29-9-11-30-12-10-29)15-26-22(24-3)25-8-7-20-27-21(28-31-20)17-5-4-6-18(23)14-17/h4-6,14,16,19H,7-13,15H2,1-3H3,(H2,24,25,26). The molecule has 1 unspecified atom stereocenters. The van der Waals surface area contributed by atoms with Gasteiger partial charge >= 0.3 is 0 Å². The van der Waals surface area contributed by atoms with Crippen LogP contribution in [0, 0.1) is 5.92 Å². The molecule has 31 heavy (non-hydrogen) atoms. The molecule has 170 valence electrons. The van der Waals surface area contributed by atoms with Gasteiger partial charge in [0.25, 0.3) is 0 Å². The van der Waals surface area contributed by atoms with Crippen LogP contribution in [-0.2, 0) is 11.2 Å². The Morgan fingerprint density at radius 2 is 2.06 bits per heavy atom. The Kier molecular flexibility index (Phi) is 9.12. The minimum Gasteiger partial charge on any atom is -0.379 e. The topological polar surface area (TPSA) is 87.8 Å². The number of morpholine rings is 1. The molecule has 1 aromatic heterocycles. The average Bonchev–Trinajstić information content (AvgIpc) is 3.24. The summed E-state index contributed by atoms with van der Waals surface area (Å²) < 4.78 is 10.9. The maximum absolute atomic E-state index is 6.04. The van der Waals surface area contributed by atoms with Crippen LogP contribution in [0.1, 0.15) is 26.2 Å². The summed E-state index contributed by atoms with van der Waals surface area (Å²) in [6, 6.07) is 7.88. The average molecular weight is 449 g/mol. The number of aromatic nitrogens is 2. The fourth-order valence-electron chi connectivity index (χ4n) is 3.67. The van der Waals surface area contributed by atoms with Gasteiger partial charge in [0.05, 0.1) is 13.2 Å². The lowest BCUT2D eigenvalue weighted by atomic mass is 10.0. The van der Waals surface area contributed by atoms with Crippen LogP contribution in [0.3, 0.4) is 0 Å². The molecule has 2 N–H and O–H groups in total. The molecule has 1 atom stereocenters. The summed E-state index contributed by atoms with van der Waals surface area (Å²) in [5, 5.41) is 11.5. The molecule has 0 aliphatic carbocycles. The number of aliphatic imine (C=N–C) groups is 1. The fraction of sp³-hybridized carbons (Fsp3) is 0.591. The zero-order chi connectivity index (χ0) is 22.1. The zero-order valence-electron chi connectivity index (χ0n) is 18.6. The first kappa shape index (κ1) is 23.5. The number of guanidine groups is 1. The van der Waals surface area contributed by atoms with Gasteiger partial charge in [-0.15, -0.1) is 0 Å². The Balaban J connectivity index is 1.46. The van der Waals surface area contributed by atoms with Crippen molar-refractivity contribution in [2.75, 3.05) is 46.4 Å². The van der Waals surface area contributed by atoms with E-state index in [0.717, 1.165) is 50.8 Å². The highest BCUT2D eigenvalue weighted by Gasteiger charge is 2.22. The lowest BCUT2D eigenvalue weighted by molar-refractivity contribution is 0.0132. The van der Waals surface area contributed by atoms with E-state index in [1.807, 2.05) is 24.3 Å². The predicted octanol–water partition coefficient (Wildman–Crippen LogP) is 2.84. The second kappa shape index (κ2) is 12.0. The van der Waals surface area contributed by atoms with Gasteiger partial charge in [-0.1, -0.05) is 42.7 Å². The third-order valence-corrected chi connectivity index (χ3v) is 5.45. The summed E-state index contributed by atoms with van der Waals surface area (Å²) in [6.07, 6.45) is 1.74. The van der Waals surface area contributed by atoms with Crippen LogP contribution >= 0.6 is 11.6 Å². The number of halogens is 1. The molecular weight excluding hydrogens is 416 g/mol. The second-order valence-corrected chi connectivity index (χ2v) is 8.52. The van der Waals surface area contributed by atoms with Crippen LogP contribution in [0.5, 0.6) is 0 Å². The zero-order valence-corrected chi connectivity index (χ0v) is 19.4. The molecule has 8 nitrogen and oxygen atoms in total. The van der Waals surface area contributed by atoms with Gasteiger partial charge in [0, 0.05) is 56.3 Å². The van der Waals surface area contributed by atoms with Gasteiger partial charge in [-0.05, 0) is 24.5 Å². The van der Waals surface area contributed by atoms with Crippen molar-refractivity contribution in [3.63, 3.8) is 0 Å². The minimum absolute atomic E-state index is 0.457. The Hall–Kier alpha value is -2.16. The number of hydrogen-bond donors (Lipinski definition) is 2.